The Balaban J connectivity index is 1.04. The number of hydrogen-bond donors (Lipinski definition) is 0. The van der Waals surface area contributed by atoms with E-state index in [9.17, 15) is 0 Å². The van der Waals surface area contributed by atoms with Crippen LogP contribution in [0.3, 0.4) is 0 Å². The molecule has 0 unspecified atom stereocenters. The molecule has 0 spiro atoms. The Morgan fingerprint density at radius 1 is 0.413 bits per heavy atom. The van der Waals surface area contributed by atoms with Gasteiger partial charge in [0.15, 0.2) is 0 Å². The fraction of sp³-hybridized carbons (Fsp3) is 0.0667. The number of hydrogen-bond acceptors (Lipinski definition) is 3. The second kappa shape index (κ2) is 18.0. The maximum absolute atomic E-state index is 4.81. The first-order valence-corrected chi connectivity index (χ1v) is 22.0. The van der Waals surface area contributed by atoms with E-state index in [1.54, 1.807) is 0 Å². The number of nitrogens with zero attached hydrogens (tertiary/aromatic N) is 3. The van der Waals surface area contributed by atoms with Crippen LogP contribution in [0.5, 0.6) is 0 Å². The third-order valence-electron chi connectivity index (χ3n) is 12.2. The summed E-state index contributed by atoms with van der Waals surface area (Å²) in [6.45, 7) is 4.81. The molecule has 0 amide bonds. The summed E-state index contributed by atoms with van der Waals surface area (Å²) in [5.74, 6) is 0. The maximum atomic E-state index is 4.81. The van der Waals surface area contributed by atoms with Crippen LogP contribution in [0.1, 0.15) is 31.2 Å². The van der Waals surface area contributed by atoms with Crippen molar-refractivity contribution < 1.29 is 0 Å². The Bertz CT molecular complexity index is 2840. The van der Waals surface area contributed by atoms with Gasteiger partial charge in [-0.05, 0) is 150 Å². The Hall–Kier alpha value is -7.88. The van der Waals surface area contributed by atoms with Gasteiger partial charge in [-0.3, -0.25) is 0 Å². The van der Waals surface area contributed by atoms with Crippen molar-refractivity contribution in [3.05, 3.63) is 283 Å². The lowest BCUT2D eigenvalue weighted by molar-refractivity contribution is 0.819. The summed E-state index contributed by atoms with van der Waals surface area (Å²) in [5, 5.41) is 0. The van der Waals surface area contributed by atoms with Crippen molar-refractivity contribution >= 4 is 39.7 Å². The predicted octanol–water partition coefficient (Wildman–Crippen LogP) is 16.2. The van der Waals surface area contributed by atoms with Crippen LogP contribution in [0, 0.1) is 0 Å². The summed E-state index contributed by atoms with van der Waals surface area (Å²) in [5.41, 5.74) is 19.0. The van der Waals surface area contributed by atoms with E-state index in [0.29, 0.717) is 0 Å². The summed E-state index contributed by atoms with van der Waals surface area (Å²) in [6.07, 6.45) is 17.7. The number of anilines is 6. The predicted molar refractivity (Wildman–Crippen MR) is 267 cm³/mol. The molecule has 7 aromatic carbocycles. The van der Waals surface area contributed by atoms with Crippen LogP contribution in [0.25, 0.3) is 16.7 Å². The van der Waals surface area contributed by atoms with Gasteiger partial charge >= 0.3 is 0 Å². The van der Waals surface area contributed by atoms with E-state index in [4.69, 9.17) is 6.58 Å². The SMILES string of the molecule is C=C1/C=C(c2ccc(N(c3ccccc3)c3ccccc3)cc2)\C=C/N(c2ccccc2-c2ccccc2)C2=C1C=C(C1=CC=C(N(c3ccccc3)c3ccccc3)CC1)CC2. The highest BCUT2D eigenvalue weighted by Crippen LogP contribution is 2.44. The molecule has 63 heavy (non-hydrogen) atoms. The average Bonchev–Trinajstić information content (AvgIpc) is 3.35. The highest BCUT2D eigenvalue weighted by molar-refractivity contribution is 5.86. The zero-order valence-electron chi connectivity index (χ0n) is 35.4. The summed E-state index contributed by atoms with van der Waals surface area (Å²) in [7, 11) is 0. The number of benzene rings is 7. The highest BCUT2D eigenvalue weighted by atomic mass is 15.2. The summed E-state index contributed by atoms with van der Waals surface area (Å²) >= 11 is 0. The highest BCUT2D eigenvalue weighted by Gasteiger charge is 2.26. The van der Waals surface area contributed by atoms with Crippen LogP contribution in [0.2, 0.25) is 0 Å². The lowest BCUT2D eigenvalue weighted by Crippen LogP contribution is -2.22. The Labute approximate surface area is 372 Å². The zero-order chi connectivity index (χ0) is 42.4. The lowest BCUT2D eigenvalue weighted by atomic mass is 9.83. The molecule has 3 aliphatic rings. The van der Waals surface area contributed by atoms with E-state index in [0.717, 1.165) is 65.1 Å². The molecular formula is C60H49N3. The van der Waals surface area contributed by atoms with Crippen molar-refractivity contribution in [3.63, 3.8) is 0 Å². The van der Waals surface area contributed by atoms with Crippen molar-refractivity contribution in [2.24, 2.45) is 0 Å². The second-order valence-electron chi connectivity index (χ2n) is 16.1. The smallest absolute Gasteiger partial charge is 0.0530 e. The number of para-hydroxylation sites is 5. The molecule has 7 aromatic rings. The Morgan fingerprint density at radius 3 is 1.49 bits per heavy atom. The van der Waals surface area contributed by atoms with Gasteiger partial charge in [-0.25, -0.2) is 0 Å². The van der Waals surface area contributed by atoms with Crippen molar-refractivity contribution in [3.8, 4) is 11.1 Å². The molecular weight excluding hydrogens is 763 g/mol. The van der Waals surface area contributed by atoms with Crippen LogP contribution in [0.4, 0.5) is 34.1 Å². The largest absolute Gasteiger partial charge is 0.320 e. The maximum Gasteiger partial charge on any atom is 0.0530 e. The first kappa shape index (κ1) is 39.3. The average molecular weight is 812 g/mol. The van der Waals surface area contributed by atoms with Crippen LogP contribution < -0.4 is 14.7 Å². The second-order valence-corrected chi connectivity index (χ2v) is 16.1. The number of rotatable bonds is 10. The first-order valence-electron chi connectivity index (χ1n) is 22.0. The first-order chi connectivity index (χ1) is 31.2. The molecule has 0 bridgehead atoms. The molecule has 10 rings (SSSR count). The van der Waals surface area contributed by atoms with Crippen LogP contribution in [0.15, 0.2) is 277 Å². The van der Waals surface area contributed by atoms with Gasteiger partial charge in [-0.2, -0.15) is 0 Å². The quantitative estimate of drug-likeness (QED) is 0.136. The standard InChI is InChI=1S/C60H49N3/c1-45-43-50(47-33-38-56(39-34-47)63(53-25-13-5-14-26-53)54-27-15-6-16-28-54)41-42-61(59-30-18-17-29-57(59)48-19-7-2-8-20-48)60-40-35-49(44-58(45)60)46-31-36-55(37-32-46)62(51-21-9-3-10-22-51)52-23-11-4-12-24-52/h2-31,33-34,36,38-39,41-44H,1,32,35,37,40H2/b42-41-,50-43+. The molecule has 0 atom stereocenters. The molecule has 0 radical (unpaired) electrons. The van der Waals surface area contributed by atoms with E-state index in [1.807, 2.05) is 0 Å². The Kier molecular flexibility index (Phi) is 11.2. The molecule has 0 fully saturated rings. The minimum Gasteiger partial charge on any atom is -0.320 e. The molecule has 2 aliphatic carbocycles. The minimum atomic E-state index is 0.897. The van der Waals surface area contributed by atoms with Crippen molar-refractivity contribution in [1.82, 2.24) is 0 Å². The van der Waals surface area contributed by atoms with E-state index < -0.39 is 0 Å². The molecule has 0 saturated heterocycles. The van der Waals surface area contributed by atoms with Crippen LogP contribution in [-0.2, 0) is 0 Å². The van der Waals surface area contributed by atoms with Gasteiger partial charge in [0.2, 0.25) is 0 Å². The summed E-state index contributed by atoms with van der Waals surface area (Å²) in [4.78, 5) is 7.13. The van der Waals surface area contributed by atoms with Gasteiger partial charge < -0.3 is 14.7 Å². The lowest BCUT2D eigenvalue weighted by Gasteiger charge is -2.34. The van der Waals surface area contributed by atoms with Gasteiger partial charge in [0.05, 0.1) is 5.69 Å². The zero-order valence-corrected chi connectivity index (χ0v) is 35.4. The third kappa shape index (κ3) is 8.30. The molecule has 3 nitrogen and oxygen atoms in total. The van der Waals surface area contributed by atoms with Gasteiger partial charge in [0.25, 0.3) is 0 Å². The van der Waals surface area contributed by atoms with Gasteiger partial charge in [0.1, 0.15) is 0 Å². The fourth-order valence-corrected chi connectivity index (χ4v) is 9.13. The fourth-order valence-electron chi connectivity index (χ4n) is 9.13. The van der Waals surface area contributed by atoms with Gasteiger partial charge in [-0.1, -0.05) is 146 Å². The third-order valence-corrected chi connectivity index (χ3v) is 12.2. The molecule has 0 N–H and O–H groups in total. The van der Waals surface area contributed by atoms with Crippen LogP contribution in [-0.4, -0.2) is 0 Å². The van der Waals surface area contributed by atoms with Gasteiger partial charge in [0, 0.05) is 57.2 Å². The normalized spacial score (nSPS) is 16.3. The molecule has 0 aromatic heterocycles. The van der Waals surface area contributed by atoms with E-state index >= 15 is 0 Å². The number of allylic oxidation sites excluding steroid dienone is 12. The molecule has 3 heteroatoms. The molecule has 1 aliphatic heterocycles. The monoisotopic (exact) mass is 811 g/mol. The van der Waals surface area contributed by atoms with Crippen molar-refractivity contribution in [2.45, 2.75) is 25.7 Å². The van der Waals surface area contributed by atoms with Crippen molar-refractivity contribution in [1.29, 1.82) is 0 Å². The minimum absolute atomic E-state index is 0.897. The van der Waals surface area contributed by atoms with E-state index in [2.05, 4.69) is 251 Å². The van der Waals surface area contributed by atoms with Crippen LogP contribution >= 0.6 is 0 Å². The molecule has 1 heterocycles. The van der Waals surface area contributed by atoms with E-state index in [1.165, 1.54) is 50.6 Å². The van der Waals surface area contributed by atoms with E-state index in [-0.39, 0.29) is 0 Å². The topological polar surface area (TPSA) is 9.72 Å². The summed E-state index contributed by atoms with van der Waals surface area (Å²) in [6, 6.07) is 71.0. The van der Waals surface area contributed by atoms with Crippen molar-refractivity contribution in [2.75, 3.05) is 14.7 Å². The molecule has 304 valence electrons. The van der Waals surface area contributed by atoms with Gasteiger partial charge in [-0.15, -0.1) is 0 Å². The Morgan fingerprint density at radius 2 is 0.921 bits per heavy atom. The summed E-state index contributed by atoms with van der Waals surface area (Å²) < 4.78 is 0. The molecule has 0 saturated carbocycles.